The van der Waals surface area contributed by atoms with Crippen molar-refractivity contribution in [2.24, 2.45) is 4.99 Å². The summed E-state index contributed by atoms with van der Waals surface area (Å²) in [5.41, 5.74) is 1.21. The smallest absolute Gasteiger partial charge is 0.332 e. The number of carbonyl (C=O) groups excluding carboxylic acids is 1. The standard InChI is InChI=1S/C13H12Cl2N4O2/c1-2-3-11(20)21-19-6-8-10(18-13(19)17-7-16)5-4-9(14)12(8)15/h4-5H,2-3,6H2,1H3,(H,17,18). The summed E-state index contributed by atoms with van der Waals surface area (Å²) in [6.07, 6.45) is 2.69. The van der Waals surface area contributed by atoms with Gasteiger partial charge in [0, 0.05) is 12.0 Å². The first-order chi connectivity index (χ1) is 10.1. The average Bonchev–Trinajstić information content (AvgIpc) is 2.45. The van der Waals surface area contributed by atoms with Gasteiger partial charge in [0.2, 0.25) is 5.96 Å². The fourth-order valence-electron chi connectivity index (χ4n) is 1.81. The van der Waals surface area contributed by atoms with Gasteiger partial charge in [0.05, 0.1) is 22.3 Å². The quantitative estimate of drug-likeness (QED) is 0.682. The Kier molecular flexibility index (Phi) is 4.89. The van der Waals surface area contributed by atoms with E-state index in [9.17, 15) is 4.79 Å². The van der Waals surface area contributed by atoms with Crippen molar-refractivity contribution in [2.45, 2.75) is 26.3 Å². The average molecular weight is 327 g/mol. The number of guanidine groups is 1. The van der Waals surface area contributed by atoms with Crippen molar-refractivity contribution in [1.82, 2.24) is 10.4 Å². The fraction of sp³-hybridized carbons (Fsp3) is 0.308. The van der Waals surface area contributed by atoms with E-state index < -0.39 is 5.97 Å². The maximum Gasteiger partial charge on any atom is 0.332 e. The molecule has 0 aliphatic carbocycles. The molecule has 1 aliphatic rings. The predicted octanol–water partition coefficient (Wildman–Crippen LogP) is 3.13. The second-order valence-electron chi connectivity index (χ2n) is 4.28. The van der Waals surface area contributed by atoms with Crippen LogP contribution in [0.25, 0.3) is 0 Å². The molecule has 0 radical (unpaired) electrons. The third kappa shape index (κ3) is 3.38. The van der Waals surface area contributed by atoms with Crippen LogP contribution in [0.4, 0.5) is 5.69 Å². The van der Waals surface area contributed by atoms with Crippen LogP contribution >= 0.6 is 23.2 Å². The summed E-state index contributed by atoms with van der Waals surface area (Å²) < 4.78 is 0. The van der Waals surface area contributed by atoms with Gasteiger partial charge in [0.1, 0.15) is 0 Å². The zero-order valence-electron chi connectivity index (χ0n) is 11.2. The molecule has 0 bridgehead atoms. The van der Waals surface area contributed by atoms with Gasteiger partial charge in [-0.3, -0.25) is 5.32 Å². The molecule has 0 fully saturated rings. The van der Waals surface area contributed by atoms with E-state index in [0.717, 1.165) is 0 Å². The second kappa shape index (κ2) is 6.66. The van der Waals surface area contributed by atoms with Crippen LogP contribution in [0.5, 0.6) is 0 Å². The minimum Gasteiger partial charge on any atom is -0.338 e. The SMILES string of the molecule is CCCC(=O)ON1Cc2c(ccc(Cl)c2Cl)N=C1NC#N. The van der Waals surface area contributed by atoms with Crippen molar-refractivity contribution >= 4 is 40.8 Å². The molecule has 1 aromatic rings. The maximum atomic E-state index is 11.6. The Morgan fingerprint density at radius 3 is 3.00 bits per heavy atom. The minimum atomic E-state index is -0.411. The molecular weight excluding hydrogens is 315 g/mol. The first-order valence-corrected chi connectivity index (χ1v) is 7.01. The molecule has 110 valence electrons. The van der Waals surface area contributed by atoms with Gasteiger partial charge in [-0.25, -0.2) is 9.79 Å². The summed E-state index contributed by atoms with van der Waals surface area (Å²) in [5.74, 6) is -0.278. The van der Waals surface area contributed by atoms with Crippen LogP contribution in [0.2, 0.25) is 10.0 Å². The summed E-state index contributed by atoms with van der Waals surface area (Å²) in [6, 6.07) is 3.31. The Morgan fingerprint density at radius 2 is 2.33 bits per heavy atom. The number of benzene rings is 1. The molecule has 6 nitrogen and oxygen atoms in total. The Morgan fingerprint density at radius 1 is 1.57 bits per heavy atom. The van der Waals surface area contributed by atoms with Gasteiger partial charge in [-0.1, -0.05) is 30.1 Å². The first-order valence-electron chi connectivity index (χ1n) is 6.25. The number of carbonyl (C=O) groups is 1. The fourth-order valence-corrected chi connectivity index (χ4v) is 2.21. The molecule has 0 saturated carbocycles. The minimum absolute atomic E-state index is 0.132. The van der Waals surface area contributed by atoms with Gasteiger partial charge in [0.25, 0.3) is 0 Å². The highest BCUT2D eigenvalue weighted by molar-refractivity contribution is 6.42. The van der Waals surface area contributed by atoms with Crippen LogP contribution in [0.15, 0.2) is 17.1 Å². The van der Waals surface area contributed by atoms with Crippen LogP contribution in [-0.4, -0.2) is 17.0 Å². The third-order valence-electron chi connectivity index (χ3n) is 2.77. The molecule has 1 N–H and O–H groups in total. The lowest BCUT2D eigenvalue weighted by atomic mass is 10.1. The van der Waals surface area contributed by atoms with E-state index in [0.29, 0.717) is 27.7 Å². The Labute approximate surface area is 131 Å². The number of fused-ring (bicyclic) bond motifs is 1. The molecule has 0 amide bonds. The molecule has 8 heteroatoms. The Balaban J connectivity index is 2.33. The summed E-state index contributed by atoms with van der Waals surface area (Å²) >= 11 is 12.1. The van der Waals surface area contributed by atoms with Crippen molar-refractivity contribution in [3.05, 3.63) is 27.7 Å². The number of nitrogens with zero attached hydrogens (tertiary/aromatic N) is 3. The van der Waals surface area contributed by atoms with Gasteiger partial charge in [-0.15, -0.1) is 0 Å². The highest BCUT2D eigenvalue weighted by Gasteiger charge is 2.26. The summed E-state index contributed by atoms with van der Waals surface area (Å²) in [6.45, 7) is 2.03. The number of hydrogen-bond donors (Lipinski definition) is 1. The van der Waals surface area contributed by atoms with E-state index in [1.807, 2.05) is 6.92 Å². The molecule has 0 unspecified atom stereocenters. The van der Waals surface area contributed by atoms with Gasteiger partial charge in [-0.05, 0) is 18.6 Å². The van der Waals surface area contributed by atoms with E-state index in [1.54, 1.807) is 18.3 Å². The van der Waals surface area contributed by atoms with E-state index in [1.165, 1.54) is 5.06 Å². The van der Waals surface area contributed by atoms with Crippen molar-refractivity contribution in [2.75, 3.05) is 0 Å². The molecule has 2 rings (SSSR count). The number of halogens is 2. The van der Waals surface area contributed by atoms with Gasteiger partial charge < -0.3 is 4.84 Å². The van der Waals surface area contributed by atoms with E-state index >= 15 is 0 Å². The maximum absolute atomic E-state index is 11.6. The number of rotatable bonds is 3. The van der Waals surface area contributed by atoms with Crippen molar-refractivity contribution in [3.8, 4) is 6.19 Å². The monoisotopic (exact) mass is 326 g/mol. The molecule has 0 spiro atoms. The lowest BCUT2D eigenvalue weighted by Crippen LogP contribution is -2.41. The van der Waals surface area contributed by atoms with Crippen LogP contribution in [0.1, 0.15) is 25.3 Å². The molecule has 0 atom stereocenters. The summed E-state index contributed by atoms with van der Waals surface area (Å²) in [5, 5.41) is 13.1. The Bertz CT molecular complexity index is 640. The van der Waals surface area contributed by atoms with Crippen LogP contribution in [0.3, 0.4) is 0 Å². The van der Waals surface area contributed by atoms with Crippen molar-refractivity contribution in [1.29, 1.82) is 5.26 Å². The predicted molar refractivity (Wildman–Crippen MR) is 78.8 cm³/mol. The lowest BCUT2D eigenvalue weighted by molar-refractivity contribution is -0.175. The zero-order chi connectivity index (χ0) is 15.4. The normalized spacial score (nSPS) is 13.0. The molecule has 0 saturated heterocycles. The molecule has 21 heavy (non-hydrogen) atoms. The van der Waals surface area contributed by atoms with Gasteiger partial charge >= 0.3 is 5.97 Å². The summed E-state index contributed by atoms with van der Waals surface area (Å²) in [7, 11) is 0. The number of nitriles is 1. The van der Waals surface area contributed by atoms with E-state index in [4.69, 9.17) is 33.3 Å². The third-order valence-corrected chi connectivity index (χ3v) is 3.61. The molecule has 1 heterocycles. The number of nitrogens with one attached hydrogen (secondary N) is 1. The molecule has 0 aromatic heterocycles. The zero-order valence-corrected chi connectivity index (χ0v) is 12.7. The van der Waals surface area contributed by atoms with Crippen molar-refractivity contribution < 1.29 is 9.63 Å². The number of hydrogen-bond acceptors (Lipinski definition) is 6. The highest BCUT2D eigenvalue weighted by atomic mass is 35.5. The molecule has 1 aliphatic heterocycles. The van der Waals surface area contributed by atoms with Gasteiger partial charge in [-0.2, -0.15) is 10.3 Å². The van der Waals surface area contributed by atoms with E-state index in [2.05, 4.69) is 10.3 Å². The molecular formula is C13H12Cl2N4O2. The summed E-state index contributed by atoms with van der Waals surface area (Å²) in [4.78, 5) is 21.1. The van der Waals surface area contributed by atoms with E-state index in [-0.39, 0.29) is 18.9 Å². The molecule has 1 aromatic carbocycles. The highest BCUT2D eigenvalue weighted by Crippen LogP contribution is 2.36. The number of aliphatic imine (C=N–C) groups is 1. The largest absolute Gasteiger partial charge is 0.338 e. The lowest BCUT2D eigenvalue weighted by Gasteiger charge is -2.28. The topological polar surface area (TPSA) is 77.7 Å². The first kappa shape index (κ1) is 15.4. The van der Waals surface area contributed by atoms with Crippen LogP contribution in [0, 0.1) is 11.5 Å². The van der Waals surface area contributed by atoms with Crippen molar-refractivity contribution in [3.63, 3.8) is 0 Å². The second-order valence-corrected chi connectivity index (χ2v) is 5.07. The van der Waals surface area contributed by atoms with Crippen LogP contribution in [-0.2, 0) is 16.2 Å². The Hall–Kier alpha value is -1.97. The van der Waals surface area contributed by atoms with Gasteiger partial charge in [0.15, 0.2) is 6.19 Å². The number of hydroxylamine groups is 2. The van der Waals surface area contributed by atoms with Crippen LogP contribution < -0.4 is 5.32 Å².